The molecule has 0 saturated carbocycles. The summed E-state index contributed by atoms with van der Waals surface area (Å²) >= 11 is 0. The number of benzene rings is 1. The van der Waals surface area contributed by atoms with Crippen LogP contribution < -0.4 is 0 Å². The molecule has 30 heavy (non-hydrogen) atoms. The van der Waals surface area contributed by atoms with E-state index in [1.54, 1.807) is 12.1 Å². The summed E-state index contributed by atoms with van der Waals surface area (Å²) in [5.41, 5.74) is 4.41. The topological polar surface area (TPSA) is 54.5 Å². The highest BCUT2D eigenvalue weighted by Crippen LogP contribution is 2.22. The standard InChI is InChI=1S/C23H27FN4O2/c1-16-12-22(18(3)28(16)21-6-4-19(24)5-7-21)23(29)15-27-10-8-26(9-11-27)14-20-13-17(2)30-25-20/h4-7,12-13H,8-11,14-15H2,1-3H3. The molecule has 1 saturated heterocycles. The number of rotatable bonds is 6. The fourth-order valence-electron chi connectivity index (χ4n) is 4.15. The van der Waals surface area contributed by atoms with E-state index in [4.69, 9.17) is 4.52 Å². The van der Waals surface area contributed by atoms with Crippen molar-refractivity contribution in [3.05, 3.63) is 70.6 Å². The highest BCUT2D eigenvalue weighted by molar-refractivity contribution is 5.99. The van der Waals surface area contributed by atoms with Gasteiger partial charge in [0.15, 0.2) is 5.78 Å². The number of aryl methyl sites for hydroxylation is 2. The lowest BCUT2D eigenvalue weighted by molar-refractivity contribution is 0.0840. The van der Waals surface area contributed by atoms with E-state index in [1.807, 2.05) is 37.5 Å². The average molecular weight is 410 g/mol. The SMILES string of the molecule is Cc1cc(CN2CCN(CC(=O)c3cc(C)n(-c4ccc(F)cc4)c3C)CC2)no1. The highest BCUT2D eigenvalue weighted by Gasteiger charge is 2.23. The van der Waals surface area contributed by atoms with Gasteiger partial charge >= 0.3 is 0 Å². The van der Waals surface area contributed by atoms with Crippen LogP contribution in [0, 0.1) is 26.6 Å². The van der Waals surface area contributed by atoms with Gasteiger partial charge < -0.3 is 9.09 Å². The molecule has 158 valence electrons. The van der Waals surface area contributed by atoms with E-state index < -0.39 is 0 Å². The smallest absolute Gasteiger partial charge is 0.178 e. The monoisotopic (exact) mass is 410 g/mol. The first-order chi connectivity index (χ1) is 14.4. The molecule has 1 fully saturated rings. The number of hydrogen-bond donors (Lipinski definition) is 0. The van der Waals surface area contributed by atoms with Crippen LogP contribution >= 0.6 is 0 Å². The highest BCUT2D eigenvalue weighted by atomic mass is 19.1. The van der Waals surface area contributed by atoms with E-state index in [2.05, 4.69) is 15.0 Å². The summed E-state index contributed by atoms with van der Waals surface area (Å²) in [6, 6.07) is 10.3. The minimum atomic E-state index is -0.268. The first kappa shape index (κ1) is 20.5. The Kier molecular flexibility index (Phi) is 5.83. The Balaban J connectivity index is 1.38. The van der Waals surface area contributed by atoms with Gasteiger partial charge in [-0.05, 0) is 51.1 Å². The molecule has 3 heterocycles. The van der Waals surface area contributed by atoms with E-state index in [0.717, 1.165) is 66.8 Å². The molecule has 0 spiro atoms. The number of piperazine rings is 1. The van der Waals surface area contributed by atoms with Crippen molar-refractivity contribution in [2.75, 3.05) is 32.7 Å². The number of halogens is 1. The van der Waals surface area contributed by atoms with Crippen molar-refractivity contribution in [1.82, 2.24) is 19.5 Å². The summed E-state index contributed by atoms with van der Waals surface area (Å²) in [5, 5.41) is 4.06. The van der Waals surface area contributed by atoms with Crippen molar-refractivity contribution in [2.45, 2.75) is 27.3 Å². The molecule has 0 amide bonds. The van der Waals surface area contributed by atoms with Gasteiger partial charge in [0.1, 0.15) is 11.6 Å². The Morgan fingerprint density at radius 1 is 1.03 bits per heavy atom. The Hall–Kier alpha value is -2.77. The Morgan fingerprint density at radius 2 is 1.70 bits per heavy atom. The van der Waals surface area contributed by atoms with Crippen LogP contribution in [0.25, 0.3) is 5.69 Å². The Labute approximate surface area is 175 Å². The zero-order valence-corrected chi connectivity index (χ0v) is 17.7. The molecule has 0 N–H and O–H groups in total. The largest absolute Gasteiger partial charge is 0.361 e. The molecule has 1 aliphatic rings. The number of aromatic nitrogens is 2. The van der Waals surface area contributed by atoms with Gasteiger partial charge in [-0.15, -0.1) is 0 Å². The molecule has 0 bridgehead atoms. The number of carbonyl (C=O) groups excluding carboxylic acids is 1. The summed E-state index contributed by atoms with van der Waals surface area (Å²) in [6.07, 6.45) is 0. The Morgan fingerprint density at radius 3 is 2.33 bits per heavy atom. The van der Waals surface area contributed by atoms with Crippen LogP contribution in [0.3, 0.4) is 0 Å². The molecule has 4 rings (SSSR count). The van der Waals surface area contributed by atoms with Crippen molar-refractivity contribution < 1.29 is 13.7 Å². The number of ketones is 1. The predicted molar refractivity (Wildman–Crippen MR) is 112 cm³/mol. The van der Waals surface area contributed by atoms with Crippen LogP contribution in [0.15, 0.2) is 40.9 Å². The maximum Gasteiger partial charge on any atom is 0.178 e. The summed E-state index contributed by atoms with van der Waals surface area (Å²) in [6.45, 7) is 10.5. The fourth-order valence-corrected chi connectivity index (χ4v) is 4.15. The summed E-state index contributed by atoms with van der Waals surface area (Å²) in [5.74, 6) is 0.680. The zero-order valence-electron chi connectivity index (χ0n) is 17.7. The van der Waals surface area contributed by atoms with E-state index >= 15 is 0 Å². The van der Waals surface area contributed by atoms with Crippen molar-refractivity contribution in [2.24, 2.45) is 0 Å². The number of hydrogen-bond acceptors (Lipinski definition) is 5. The molecule has 0 aliphatic carbocycles. The quantitative estimate of drug-likeness (QED) is 0.582. The molecular weight excluding hydrogens is 383 g/mol. The predicted octanol–water partition coefficient (Wildman–Crippen LogP) is 3.53. The first-order valence-electron chi connectivity index (χ1n) is 10.3. The summed E-state index contributed by atoms with van der Waals surface area (Å²) < 4.78 is 20.4. The molecular formula is C23H27FN4O2. The van der Waals surface area contributed by atoms with Crippen LogP contribution in [0.2, 0.25) is 0 Å². The molecule has 1 aromatic carbocycles. The summed E-state index contributed by atoms with van der Waals surface area (Å²) in [7, 11) is 0. The normalized spacial score (nSPS) is 15.6. The van der Waals surface area contributed by atoms with Crippen LogP contribution in [-0.4, -0.2) is 58.0 Å². The Bertz CT molecular complexity index is 1030. The molecule has 1 aliphatic heterocycles. The molecule has 0 atom stereocenters. The second-order valence-electron chi connectivity index (χ2n) is 8.00. The second-order valence-corrected chi connectivity index (χ2v) is 8.00. The van der Waals surface area contributed by atoms with Crippen LogP contribution in [0.5, 0.6) is 0 Å². The van der Waals surface area contributed by atoms with Crippen molar-refractivity contribution >= 4 is 5.78 Å². The third-order valence-corrected chi connectivity index (χ3v) is 5.71. The van der Waals surface area contributed by atoms with E-state index in [-0.39, 0.29) is 11.6 Å². The second kappa shape index (κ2) is 8.53. The third kappa shape index (κ3) is 4.37. The first-order valence-corrected chi connectivity index (χ1v) is 10.3. The number of carbonyl (C=O) groups is 1. The van der Waals surface area contributed by atoms with E-state index in [1.165, 1.54) is 12.1 Å². The van der Waals surface area contributed by atoms with E-state index in [9.17, 15) is 9.18 Å². The minimum Gasteiger partial charge on any atom is -0.361 e. The van der Waals surface area contributed by atoms with Gasteiger partial charge in [0.25, 0.3) is 0 Å². The van der Waals surface area contributed by atoms with Gasteiger partial charge in [-0.1, -0.05) is 5.16 Å². The van der Waals surface area contributed by atoms with Crippen LogP contribution in [0.1, 0.15) is 33.2 Å². The molecule has 2 aromatic heterocycles. The van der Waals surface area contributed by atoms with Crippen molar-refractivity contribution in [3.8, 4) is 5.69 Å². The summed E-state index contributed by atoms with van der Waals surface area (Å²) in [4.78, 5) is 17.5. The average Bonchev–Trinajstić information content (AvgIpc) is 3.26. The lowest BCUT2D eigenvalue weighted by atomic mass is 10.1. The van der Waals surface area contributed by atoms with Crippen LogP contribution in [0.4, 0.5) is 4.39 Å². The lowest BCUT2D eigenvalue weighted by Gasteiger charge is -2.33. The van der Waals surface area contributed by atoms with E-state index in [0.29, 0.717) is 6.54 Å². The zero-order chi connectivity index (χ0) is 21.3. The van der Waals surface area contributed by atoms with Crippen molar-refractivity contribution in [1.29, 1.82) is 0 Å². The van der Waals surface area contributed by atoms with Crippen molar-refractivity contribution in [3.63, 3.8) is 0 Å². The maximum atomic E-state index is 13.3. The fraction of sp³-hybridized carbons (Fsp3) is 0.391. The molecule has 7 heteroatoms. The van der Waals surface area contributed by atoms with Gasteiger partial charge in [-0.25, -0.2) is 4.39 Å². The van der Waals surface area contributed by atoms with Gasteiger partial charge in [-0.2, -0.15) is 0 Å². The third-order valence-electron chi connectivity index (χ3n) is 5.71. The molecule has 3 aromatic rings. The molecule has 6 nitrogen and oxygen atoms in total. The number of Topliss-reactive ketones (excluding diaryl/α,β-unsaturated/α-hetero) is 1. The van der Waals surface area contributed by atoms with Crippen LogP contribution in [-0.2, 0) is 6.54 Å². The van der Waals surface area contributed by atoms with Gasteiger partial charge in [0.05, 0.1) is 12.2 Å². The van der Waals surface area contributed by atoms with Gasteiger partial charge in [-0.3, -0.25) is 14.6 Å². The molecule has 0 unspecified atom stereocenters. The molecule has 0 radical (unpaired) electrons. The lowest BCUT2D eigenvalue weighted by Crippen LogP contribution is -2.47. The van der Waals surface area contributed by atoms with Gasteiger partial charge in [0, 0.05) is 61.4 Å². The minimum absolute atomic E-state index is 0.122. The number of nitrogens with zero attached hydrogens (tertiary/aromatic N) is 4. The van der Waals surface area contributed by atoms with Gasteiger partial charge in [0.2, 0.25) is 0 Å². The maximum absolute atomic E-state index is 13.3.